The van der Waals surface area contributed by atoms with Crippen molar-refractivity contribution in [1.29, 1.82) is 0 Å². The van der Waals surface area contributed by atoms with Gasteiger partial charge in [0.2, 0.25) is 0 Å². The van der Waals surface area contributed by atoms with Crippen LogP contribution in [0.5, 0.6) is 0 Å². The Morgan fingerprint density at radius 1 is 1.18 bits per heavy atom. The molecule has 1 N–H and O–H groups in total. The first kappa shape index (κ1) is 7.60. The second-order valence-electron chi connectivity index (χ2n) is 5.28. The number of piperidine rings is 2. The fourth-order valence-electron chi connectivity index (χ4n) is 3.12. The Morgan fingerprint density at radius 3 is 2.18 bits per heavy atom. The van der Waals surface area contributed by atoms with Crippen LogP contribution >= 0.6 is 0 Å². The Balaban J connectivity index is 2.10. The molecule has 3 fully saturated rings. The van der Waals surface area contributed by atoms with Crippen molar-refractivity contribution in [2.45, 2.75) is 33.6 Å². The van der Waals surface area contributed by atoms with Crippen LogP contribution in [0.25, 0.3) is 0 Å². The average Bonchev–Trinajstić information content (AvgIpc) is 1.85. The number of hydrogen-bond donors (Lipinski definition) is 1. The zero-order valence-electron chi connectivity index (χ0n) is 7.91. The van der Waals surface area contributed by atoms with Crippen molar-refractivity contribution in [3.05, 3.63) is 0 Å². The maximum absolute atomic E-state index is 3.55. The van der Waals surface area contributed by atoms with E-state index in [4.69, 9.17) is 0 Å². The van der Waals surface area contributed by atoms with E-state index in [1.54, 1.807) is 0 Å². The molecule has 2 aliphatic heterocycles. The van der Waals surface area contributed by atoms with Crippen LogP contribution in [0.2, 0.25) is 0 Å². The molecule has 64 valence electrons. The summed E-state index contributed by atoms with van der Waals surface area (Å²) in [5.74, 6) is 0.864. The monoisotopic (exact) mass is 153 g/mol. The van der Waals surface area contributed by atoms with Crippen LogP contribution < -0.4 is 5.32 Å². The maximum Gasteiger partial charge on any atom is 0.00109 e. The second-order valence-corrected chi connectivity index (χ2v) is 5.28. The Kier molecular flexibility index (Phi) is 1.39. The van der Waals surface area contributed by atoms with Gasteiger partial charge in [0, 0.05) is 13.1 Å². The SMILES string of the molecule is CC(C)C12CNCC(C)(C1)C2. The van der Waals surface area contributed by atoms with Crippen LogP contribution in [0, 0.1) is 16.7 Å². The second kappa shape index (κ2) is 2.01. The van der Waals surface area contributed by atoms with E-state index in [1.807, 2.05) is 0 Å². The Hall–Kier alpha value is -0.0400. The summed E-state index contributed by atoms with van der Waals surface area (Å²) in [6, 6.07) is 0. The maximum atomic E-state index is 3.55. The molecule has 0 amide bonds. The summed E-state index contributed by atoms with van der Waals surface area (Å²) in [5.41, 5.74) is 1.33. The minimum absolute atomic E-state index is 0.655. The summed E-state index contributed by atoms with van der Waals surface area (Å²) < 4.78 is 0. The van der Waals surface area contributed by atoms with Gasteiger partial charge >= 0.3 is 0 Å². The topological polar surface area (TPSA) is 12.0 Å². The molecule has 0 aromatic carbocycles. The number of fused-ring (bicyclic) bond motifs is 2. The van der Waals surface area contributed by atoms with Crippen LogP contribution in [-0.4, -0.2) is 13.1 Å². The molecular weight excluding hydrogens is 134 g/mol. The highest BCUT2D eigenvalue weighted by Crippen LogP contribution is 2.59. The lowest BCUT2D eigenvalue weighted by molar-refractivity contribution is -0.0943. The Morgan fingerprint density at radius 2 is 1.82 bits per heavy atom. The van der Waals surface area contributed by atoms with Crippen LogP contribution in [0.4, 0.5) is 0 Å². The number of nitrogens with one attached hydrogen (secondary N) is 1. The molecule has 3 rings (SSSR count). The zero-order valence-corrected chi connectivity index (χ0v) is 7.91. The molecule has 0 radical (unpaired) electrons. The zero-order chi connectivity index (χ0) is 8.11. The van der Waals surface area contributed by atoms with Crippen molar-refractivity contribution >= 4 is 0 Å². The molecule has 11 heavy (non-hydrogen) atoms. The van der Waals surface area contributed by atoms with Gasteiger partial charge in [-0.3, -0.25) is 0 Å². The van der Waals surface area contributed by atoms with Crippen molar-refractivity contribution in [2.75, 3.05) is 13.1 Å². The molecule has 0 aromatic rings. The first-order valence-electron chi connectivity index (χ1n) is 4.77. The minimum atomic E-state index is 0.655. The van der Waals surface area contributed by atoms with Gasteiger partial charge in [-0.25, -0.2) is 0 Å². The van der Waals surface area contributed by atoms with Crippen LogP contribution in [0.1, 0.15) is 33.6 Å². The van der Waals surface area contributed by atoms with Gasteiger partial charge in [0.1, 0.15) is 0 Å². The summed E-state index contributed by atoms with van der Waals surface area (Å²) in [4.78, 5) is 0. The Labute approximate surface area is 69.6 Å². The van der Waals surface area contributed by atoms with Crippen LogP contribution in [-0.2, 0) is 0 Å². The summed E-state index contributed by atoms with van der Waals surface area (Å²) in [6.45, 7) is 9.67. The predicted molar refractivity (Wildman–Crippen MR) is 47.5 cm³/mol. The van der Waals surface area contributed by atoms with Gasteiger partial charge in [-0.05, 0) is 29.6 Å². The lowest BCUT2D eigenvalue weighted by Gasteiger charge is -2.62. The Bertz CT molecular complexity index is 166. The van der Waals surface area contributed by atoms with Crippen molar-refractivity contribution in [3.8, 4) is 0 Å². The third-order valence-corrected chi connectivity index (χ3v) is 3.81. The molecule has 1 nitrogen and oxygen atoms in total. The fourth-order valence-corrected chi connectivity index (χ4v) is 3.12. The summed E-state index contributed by atoms with van der Waals surface area (Å²) in [5, 5.41) is 3.55. The molecule has 1 aliphatic carbocycles. The van der Waals surface area contributed by atoms with E-state index in [0.717, 1.165) is 5.92 Å². The van der Waals surface area contributed by atoms with Gasteiger partial charge in [-0.1, -0.05) is 20.8 Å². The van der Waals surface area contributed by atoms with E-state index in [-0.39, 0.29) is 0 Å². The van der Waals surface area contributed by atoms with Crippen molar-refractivity contribution in [3.63, 3.8) is 0 Å². The van der Waals surface area contributed by atoms with Gasteiger partial charge in [0.05, 0.1) is 0 Å². The van der Waals surface area contributed by atoms with Crippen LogP contribution in [0.15, 0.2) is 0 Å². The fraction of sp³-hybridized carbons (Fsp3) is 1.00. The van der Waals surface area contributed by atoms with E-state index in [2.05, 4.69) is 26.1 Å². The first-order chi connectivity index (χ1) is 5.06. The van der Waals surface area contributed by atoms with E-state index in [1.165, 1.54) is 25.9 Å². The van der Waals surface area contributed by atoms with Gasteiger partial charge in [-0.15, -0.1) is 0 Å². The molecule has 1 saturated carbocycles. The number of hydrogen-bond acceptors (Lipinski definition) is 1. The summed E-state index contributed by atoms with van der Waals surface area (Å²) >= 11 is 0. The van der Waals surface area contributed by atoms with Gasteiger partial charge in [-0.2, -0.15) is 0 Å². The third-order valence-electron chi connectivity index (χ3n) is 3.81. The molecule has 0 aromatic heterocycles. The highest BCUT2D eigenvalue weighted by molar-refractivity contribution is 5.08. The lowest BCUT2D eigenvalue weighted by atomic mass is 9.47. The predicted octanol–water partition coefficient (Wildman–Crippen LogP) is 2.03. The van der Waals surface area contributed by atoms with E-state index in [0.29, 0.717) is 10.8 Å². The lowest BCUT2D eigenvalue weighted by Crippen LogP contribution is -2.62. The summed E-state index contributed by atoms with van der Waals surface area (Å²) in [7, 11) is 0. The third kappa shape index (κ3) is 0.936. The molecule has 0 unspecified atom stereocenters. The number of rotatable bonds is 1. The molecule has 0 spiro atoms. The molecule has 2 saturated heterocycles. The molecule has 0 atom stereocenters. The molecule has 3 aliphatic rings. The standard InChI is InChI=1S/C10H19N/c1-8(2)10-4-9(3,5-10)6-11-7-10/h8,11H,4-7H2,1-3H3. The van der Waals surface area contributed by atoms with E-state index < -0.39 is 0 Å². The van der Waals surface area contributed by atoms with Gasteiger partial charge in [0.15, 0.2) is 0 Å². The average molecular weight is 153 g/mol. The molecular formula is C10H19N. The van der Waals surface area contributed by atoms with Crippen molar-refractivity contribution in [2.24, 2.45) is 16.7 Å². The molecule has 2 bridgehead atoms. The highest BCUT2D eigenvalue weighted by atomic mass is 15.0. The van der Waals surface area contributed by atoms with Gasteiger partial charge in [0.25, 0.3) is 0 Å². The molecule has 2 heterocycles. The van der Waals surface area contributed by atoms with Crippen LogP contribution in [0.3, 0.4) is 0 Å². The van der Waals surface area contributed by atoms with Gasteiger partial charge < -0.3 is 5.32 Å². The van der Waals surface area contributed by atoms with Crippen molar-refractivity contribution < 1.29 is 0 Å². The molecule has 1 heteroatoms. The largest absolute Gasteiger partial charge is 0.316 e. The van der Waals surface area contributed by atoms with E-state index >= 15 is 0 Å². The normalized spacial score (nSPS) is 49.1. The highest BCUT2D eigenvalue weighted by Gasteiger charge is 2.55. The van der Waals surface area contributed by atoms with Crippen molar-refractivity contribution in [1.82, 2.24) is 5.32 Å². The summed E-state index contributed by atoms with van der Waals surface area (Å²) in [6.07, 6.45) is 2.93. The quantitative estimate of drug-likeness (QED) is 0.608. The smallest absolute Gasteiger partial charge is 0.00109 e. The first-order valence-corrected chi connectivity index (χ1v) is 4.77. The van der Waals surface area contributed by atoms with E-state index in [9.17, 15) is 0 Å². The minimum Gasteiger partial charge on any atom is -0.316 e.